The van der Waals surface area contributed by atoms with Crippen LogP contribution >= 0.6 is 24.0 Å². The molecular formula is C13H14N2OS2. The number of thiol groups is 1. The third kappa shape index (κ3) is 3.11. The number of carbonyl (C=O) groups is 1. The summed E-state index contributed by atoms with van der Waals surface area (Å²) in [4.78, 5) is 17.1. The molecule has 1 amide bonds. The smallest absolute Gasteiger partial charge is 0.251 e. The molecule has 18 heavy (non-hydrogen) atoms. The predicted molar refractivity (Wildman–Crippen MR) is 76.5 cm³/mol. The highest BCUT2D eigenvalue weighted by atomic mass is 32.1. The van der Waals surface area contributed by atoms with Crippen molar-refractivity contribution in [1.82, 2.24) is 10.3 Å². The SMILES string of the molecule is Cc1csc(CNC(=O)c2cc(S)ccc2C)n1. The van der Waals surface area contributed by atoms with Gasteiger partial charge in [0.15, 0.2) is 0 Å². The number of hydrogen-bond donors (Lipinski definition) is 2. The molecule has 1 aromatic heterocycles. The molecule has 5 heteroatoms. The maximum atomic E-state index is 12.0. The number of aromatic nitrogens is 1. The van der Waals surface area contributed by atoms with E-state index in [-0.39, 0.29) is 5.91 Å². The van der Waals surface area contributed by atoms with Crippen molar-refractivity contribution in [2.45, 2.75) is 25.3 Å². The van der Waals surface area contributed by atoms with Crippen molar-refractivity contribution >= 4 is 29.9 Å². The summed E-state index contributed by atoms with van der Waals surface area (Å²) in [6, 6.07) is 5.55. The number of benzene rings is 1. The predicted octanol–water partition coefficient (Wildman–Crippen LogP) is 2.98. The Bertz CT molecular complexity index is 578. The van der Waals surface area contributed by atoms with Crippen LogP contribution in [0.4, 0.5) is 0 Å². The van der Waals surface area contributed by atoms with Crippen molar-refractivity contribution in [2.75, 3.05) is 0 Å². The number of amides is 1. The zero-order chi connectivity index (χ0) is 13.1. The van der Waals surface area contributed by atoms with Gasteiger partial charge in [-0.05, 0) is 31.5 Å². The van der Waals surface area contributed by atoms with E-state index in [1.165, 1.54) is 0 Å². The molecule has 0 aliphatic rings. The van der Waals surface area contributed by atoms with Gasteiger partial charge in [0.05, 0.1) is 6.54 Å². The fourth-order valence-electron chi connectivity index (χ4n) is 1.59. The molecule has 1 heterocycles. The highest BCUT2D eigenvalue weighted by Crippen LogP contribution is 2.14. The number of carbonyl (C=O) groups excluding carboxylic acids is 1. The molecule has 0 fully saturated rings. The number of aryl methyl sites for hydroxylation is 2. The maximum Gasteiger partial charge on any atom is 0.251 e. The normalized spacial score (nSPS) is 10.4. The van der Waals surface area contributed by atoms with Crippen LogP contribution in [0.1, 0.15) is 26.6 Å². The maximum absolute atomic E-state index is 12.0. The van der Waals surface area contributed by atoms with E-state index in [2.05, 4.69) is 22.9 Å². The van der Waals surface area contributed by atoms with Gasteiger partial charge in [-0.3, -0.25) is 4.79 Å². The van der Waals surface area contributed by atoms with Crippen molar-refractivity contribution in [2.24, 2.45) is 0 Å². The second-order valence-corrected chi connectivity index (χ2v) is 5.52. The Morgan fingerprint density at radius 2 is 2.22 bits per heavy atom. The molecule has 0 spiro atoms. The van der Waals surface area contributed by atoms with Crippen LogP contribution in [0.5, 0.6) is 0 Å². The molecular weight excluding hydrogens is 264 g/mol. The van der Waals surface area contributed by atoms with E-state index in [4.69, 9.17) is 0 Å². The Kier molecular flexibility index (Phi) is 4.04. The van der Waals surface area contributed by atoms with Gasteiger partial charge in [0, 0.05) is 21.5 Å². The van der Waals surface area contributed by atoms with E-state index >= 15 is 0 Å². The van der Waals surface area contributed by atoms with Gasteiger partial charge < -0.3 is 5.32 Å². The van der Waals surface area contributed by atoms with Gasteiger partial charge in [-0.1, -0.05) is 6.07 Å². The van der Waals surface area contributed by atoms with Crippen molar-refractivity contribution in [3.05, 3.63) is 45.4 Å². The van der Waals surface area contributed by atoms with Crippen LogP contribution < -0.4 is 5.32 Å². The van der Waals surface area contributed by atoms with Crippen molar-refractivity contribution in [3.8, 4) is 0 Å². The van der Waals surface area contributed by atoms with Crippen molar-refractivity contribution < 1.29 is 4.79 Å². The minimum Gasteiger partial charge on any atom is -0.346 e. The van der Waals surface area contributed by atoms with E-state index in [1.807, 2.05) is 31.4 Å². The van der Waals surface area contributed by atoms with E-state index in [1.54, 1.807) is 17.4 Å². The number of nitrogens with one attached hydrogen (secondary N) is 1. The molecule has 1 N–H and O–H groups in total. The first kappa shape index (κ1) is 13.1. The Hall–Kier alpha value is -1.33. The summed E-state index contributed by atoms with van der Waals surface area (Å²) in [7, 11) is 0. The Labute approximate surface area is 116 Å². The summed E-state index contributed by atoms with van der Waals surface area (Å²) >= 11 is 5.80. The third-order valence-corrected chi connectivity index (χ3v) is 3.78. The van der Waals surface area contributed by atoms with Crippen LogP contribution in [0.25, 0.3) is 0 Å². The van der Waals surface area contributed by atoms with E-state index < -0.39 is 0 Å². The molecule has 2 aromatic rings. The summed E-state index contributed by atoms with van der Waals surface area (Å²) < 4.78 is 0. The van der Waals surface area contributed by atoms with E-state index in [9.17, 15) is 4.79 Å². The van der Waals surface area contributed by atoms with E-state index in [0.717, 1.165) is 21.2 Å². The van der Waals surface area contributed by atoms with Crippen molar-refractivity contribution in [1.29, 1.82) is 0 Å². The zero-order valence-corrected chi connectivity index (χ0v) is 11.9. The average molecular weight is 278 g/mol. The fraction of sp³-hybridized carbons (Fsp3) is 0.231. The van der Waals surface area contributed by atoms with Gasteiger partial charge in [-0.2, -0.15) is 0 Å². The topological polar surface area (TPSA) is 42.0 Å². The van der Waals surface area contributed by atoms with Gasteiger partial charge in [0.1, 0.15) is 5.01 Å². The van der Waals surface area contributed by atoms with E-state index in [0.29, 0.717) is 12.1 Å². The van der Waals surface area contributed by atoms with Gasteiger partial charge >= 0.3 is 0 Å². The van der Waals surface area contributed by atoms with Crippen LogP contribution in [0.2, 0.25) is 0 Å². The molecule has 0 saturated heterocycles. The fourth-order valence-corrected chi connectivity index (χ4v) is 2.50. The second-order valence-electron chi connectivity index (χ2n) is 4.06. The van der Waals surface area contributed by atoms with Crippen LogP contribution in [-0.4, -0.2) is 10.9 Å². The molecule has 0 aliphatic carbocycles. The van der Waals surface area contributed by atoms with Crippen LogP contribution in [-0.2, 0) is 6.54 Å². The summed E-state index contributed by atoms with van der Waals surface area (Å²) in [5.41, 5.74) is 2.59. The third-order valence-electron chi connectivity index (χ3n) is 2.53. The minimum atomic E-state index is -0.0868. The Morgan fingerprint density at radius 3 is 2.89 bits per heavy atom. The Morgan fingerprint density at radius 1 is 1.44 bits per heavy atom. The monoisotopic (exact) mass is 278 g/mol. The molecule has 94 valence electrons. The summed E-state index contributed by atoms with van der Waals surface area (Å²) in [6.07, 6.45) is 0. The quantitative estimate of drug-likeness (QED) is 0.848. The van der Waals surface area contributed by atoms with Gasteiger partial charge in [-0.15, -0.1) is 24.0 Å². The minimum absolute atomic E-state index is 0.0868. The second kappa shape index (κ2) is 5.54. The van der Waals surface area contributed by atoms with Crippen LogP contribution in [0.15, 0.2) is 28.5 Å². The first-order valence-electron chi connectivity index (χ1n) is 5.55. The zero-order valence-electron chi connectivity index (χ0n) is 10.2. The molecule has 2 rings (SSSR count). The first-order chi connectivity index (χ1) is 8.56. The highest BCUT2D eigenvalue weighted by molar-refractivity contribution is 7.80. The van der Waals surface area contributed by atoms with Gasteiger partial charge in [-0.25, -0.2) is 4.98 Å². The molecule has 0 atom stereocenters. The standard InChI is InChI=1S/C13H14N2OS2/c1-8-3-4-10(17)5-11(8)13(16)14-6-12-15-9(2)7-18-12/h3-5,7,17H,6H2,1-2H3,(H,14,16). The van der Waals surface area contributed by atoms with Crippen LogP contribution in [0, 0.1) is 13.8 Å². The summed E-state index contributed by atoms with van der Waals surface area (Å²) in [5.74, 6) is -0.0868. The van der Waals surface area contributed by atoms with Gasteiger partial charge in [0.25, 0.3) is 5.91 Å². The lowest BCUT2D eigenvalue weighted by Crippen LogP contribution is -2.23. The molecule has 0 unspecified atom stereocenters. The average Bonchev–Trinajstić information content (AvgIpc) is 2.75. The highest BCUT2D eigenvalue weighted by Gasteiger charge is 2.09. The number of rotatable bonds is 3. The van der Waals surface area contributed by atoms with Gasteiger partial charge in [0.2, 0.25) is 0 Å². The largest absolute Gasteiger partial charge is 0.346 e. The molecule has 0 bridgehead atoms. The number of thiazole rings is 1. The summed E-state index contributed by atoms with van der Waals surface area (Å²) in [6.45, 7) is 4.32. The molecule has 1 aromatic carbocycles. The summed E-state index contributed by atoms with van der Waals surface area (Å²) in [5, 5.41) is 5.76. The molecule has 0 saturated carbocycles. The lowest BCUT2D eigenvalue weighted by molar-refractivity contribution is 0.0950. The lowest BCUT2D eigenvalue weighted by Gasteiger charge is -2.07. The first-order valence-corrected chi connectivity index (χ1v) is 6.88. The molecule has 0 aliphatic heterocycles. The number of hydrogen-bond acceptors (Lipinski definition) is 4. The Balaban J connectivity index is 2.05. The number of nitrogens with zero attached hydrogens (tertiary/aromatic N) is 1. The molecule has 3 nitrogen and oxygen atoms in total. The lowest BCUT2D eigenvalue weighted by atomic mass is 10.1. The molecule has 0 radical (unpaired) electrons. The van der Waals surface area contributed by atoms with Crippen LogP contribution in [0.3, 0.4) is 0 Å². The van der Waals surface area contributed by atoms with Crippen molar-refractivity contribution in [3.63, 3.8) is 0 Å².